The maximum absolute atomic E-state index is 10.9. The molecule has 1 aliphatic heterocycles. The van der Waals surface area contributed by atoms with Crippen molar-refractivity contribution in [3.63, 3.8) is 0 Å². The van der Waals surface area contributed by atoms with Crippen LogP contribution in [0.25, 0.3) is 0 Å². The number of benzene rings is 1. The molecule has 86 valence electrons. The number of hydrogen-bond donors (Lipinski definition) is 2. The molecule has 4 heteroatoms. The van der Waals surface area contributed by atoms with Gasteiger partial charge in [0, 0.05) is 24.8 Å². The third-order valence-electron chi connectivity index (χ3n) is 2.92. The Balaban J connectivity index is 2.19. The molecule has 1 atom stereocenters. The van der Waals surface area contributed by atoms with E-state index < -0.39 is 5.97 Å². The van der Waals surface area contributed by atoms with E-state index in [-0.39, 0.29) is 6.04 Å². The number of aromatic carboxylic acids is 1. The minimum atomic E-state index is -0.886. The fraction of sp³-hybridized carbons (Fsp3) is 0.417. The smallest absolute Gasteiger partial charge is 0.335 e. The van der Waals surface area contributed by atoms with Crippen molar-refractivity contribution in [2.75, 3.05) is 18.0 Å². The van der Waals surface area contributed by atoms with Crippen LogP contribution in [0.3, 0.4) is 0 Å². The standard InChI is InChI=1S/C12H16N2O2/c13-10-4-2-6-14(8-10)11-5-1-3-9(7-11)12(15)16/h1,3,5,7,10H,2,4,6,8,13H2,(H,15,16). The highest BCUT2D eigenvalue weighted by atomic mass is 16.4. The SMILES string of the molecule is NC1CCCN(c2cccc(C(=O)O)c2)C1. The normalized spacial score (nSPS) is 20.8. The molecule has 4 nitrogen and oxygen atoms in total. The van der Waals surface area contributed by atoms with Gasteiger partial charge in [-0.3, -0.25) is 0 Å². The molecule has 0 amide bonds. The van der Waals surface area contributed by atoms with Crippen LogP contribution < -0.4 is 10.6 Å². The molecule has 0 saturated carbocycles. The number of carboxylic acid groups (broad SMARTS) is 1. The second-order valence-electron chi connectivity index (χ2n) is 4.20. The number of rotatable bonds is 2. The van der Waals surface area contributed by atoms with Gasteiger partial charge in [-0.25, -0.2) is 4.79 Å². The zero-order valence-electron chi connectivity index (χ0n) is 9.10. The first-order valence-corrected chi connectivity index (χ1v) is 5.50. The Kier molecular flexibility index (Phi) is 3.10. The zero-order valence-corrected chi connectivity index (χ0v) is 9.10. The monoisotopic (exact) mass is 220 g/mol. The van der Waals surface area contributed by atoms with Crippen LogP contribution in [0.5, 0.6) is 0 Å². The highest BCUT2D eigenvalue weighted by Gasteiger charge is 2.17. The second-order valence-corrected chi connectivity index (χ2v) is 4.20. The number of carboxylic acids is 1. The van der Waals surface area contributed by atoms with E-state index in [2.05, 4.69) is 4.90 Å². The molecule has 1 aliphatic rings. The summed E-state index contributed by atoms with van der Waals surface area (Å²) in [4.78, 5) is 13.0. The molecule has 0 spiro atoms. The van der Waals surface area contributed by atoms with Crippen molar-refractivity contribution in [3.8, 4) is 0 Å². The molecule has 0 radical (unpaired) electrons. The average Bonchev–Trinajstić information content (AvgIpc) is 2.29. The fourth-order valence-electron chi connectivity index (χ4n) is 2.08. The van der Waals surface area contributed by atoms with Gasteiger partial charge in [0.15, 0.2) is 0 Å². The van der Waals surface area contributed by atoms with E-state index in [1.807, 2.05) is 6.07 Å². The number of carbonyl (C=O) groups is 1. The zero-order chi connectivity index (χ0) is 11.5. The van der Waals surface area contributed by atoms with E-state index in [1.54, 1.807) is 18.2 Å². The van der Waals surface area contributed by atoms with Crippen molar-refractivity contribution in [1.29, 1.82) is 0 Å². The third-order valence-corrected chi connectivity index (χ3v) is 2.92. The van der Waals surface area contributed by atoms with E-state index in [1.165, 1.54) is 0 Å². The number of anilines is 1. The molecule has 1 aromatic rings. The van der Waals surface area contributed by atoms with Crippen LogP contribution in [0.15, 0.2) is 24.3 Å². The largest absolute Gasteiger partial charge is 0.478 e. The minimum absolute atomic E-state index is 0.197. The highest BCUT2D eigenvalue weighted by molar-refractivity contribution is 5.88. The van der Waals surface area contributed by atoms with Crippen LogP contribution >= 0.6 is 0 Å². The molecular weight excluding hydrogens is 204 g/mol. The Morgan fingerprint density at radius 2 is 2.31 bits per heavy atom. The van der Waals surface area contributed by atoms with Gasteiger partial charge in [-0.05, 0) is 31.0 Å². The van der Waals surface area contributed by atoms with E-state index in [9.17, 15) is 4.79 Å². The highest BCUT2D eigenvalue weighted by Crippen LogP contribution is 2.20. The van der Waals surface area contributed by atoms with Gasteiger partial charge in [0.05, 0.1) is 5.56 Å². The minimum Gasteiger partial charge on any atom is -0.478 e. The van der Waals surface area contributed by atoms with Crippen LogP contribution in [0, 0.1) is 0 Å². The maximum atomic E-state index is 10.9. The molecular formula is C12H16N2O2. The first-order valence-electron chi connectivity index (χ1n) is 5.50. The van der Waals surface area contributed by atoms with E-state index in [0.717, 1.165) is 31.6 Å². The van der Waals surface area contributed by atoms with Gasteiger partial charge < -0.3 is 15.7 Å². The van der Waals surface area contributed by atoms with Crippen molar-refractivity contribution >= 4 is 11.7 Å². The first-order chi connectivity index (χ1) is 7.66. The van der Waals surface area contributed by atoms with Crippen LogP contribution in [0.4, 0.5) is 5.69 Å². The number of nitrogens with zero attached hydrogens (tertiary/aromatic N) is 1. The Hall–Kier alpha value is -1.55. The molecule has 16 heavy (non-hydrogen) atoms. The topological polar surface area (TPSA) is 66.6 Å². The molecule has 1 heterocycles. The van der Waals surface area contributed by atoms with Gasteiger partial charge >= 0.3 is 5.97 Å². The molecule has 0 aromatic heterocycles. The van der Waals surface area contributed by atoms with Gasteiger partial charge in [-0.1, -0.05) is 6.07 Å². The van der Waals surface area contributed by atoms with Gasteiger partial charge in [0.25, 0.3) is 0 Å². The summed E-state index contributed by atoms with van der Waals surface area (Å²) in [6, 6.07) is 7.22. The summed E-state index contributed by atoms with van der Waals surface area (Å²) in [6.07, 6.45) is 2.12. The first kappa shape index (κ1) is 11.0. The van der Waals surface area contributed by atoms with E-state index in [0.29, 0.717) is 5.56 Å². The average molecular weight is 220 g/mol. The second kappa shape index (κ2) is 4.53. The lowest BCUT2D eigenvalue weighted by Gasteiger charge is -2.32. The summed E-state index contributed by atoms with van der Waals surface area (Å²) >= 11 is 0. The van der Waals surface area contributed by atoms with Crippen molar-refractivity contribution in [2.45, 2.75) is 18.9 Å². The Morgan fingerprint density at radius 3 is 3.00 bits per heavy atom. The Bertz CT molecular complexity index is 392. The number of piperidine rings is 1. The van der Waals surface area contributed by atoms with Crippen molar-refractivity contribution in [1.82, 2.24) is 0 Å². The molecule has 1 fully saturated rings. The summed E-state index contributed by atoms with van der Waals surface area (Å²) in [6.45, 7) is 1.76. The summed E-state index contributed by atoms with van der Waals surface area (Å²) in [5, 5.41) is 8.92. The quantitative estimate of drug-likeness (QED) is 0.788. The maximum Gasteiger partial charge on any atom is 0.335 e. The molecule has 1 aromatic carbocycles. The van der Waals surface area contributed by atoms with Crippen LogP contribution in [0.1, 0.15) is 23.2 Å². The number of hydrogen-bond acceptors (Lipinski definition) is 3. The van der Waals surface area contributed by atoms with Gasteiger partial charge in [0.1, 0.15) is 0 Å². The van der Waals surface area contributed by atoms with Crippen LogP contribution in [-0.4, -0.2) is 30.2 Å². The van der Waals surface area contributed by atoms with E-state index >= 15 is 0 Å². The van der Waals surface area contributed by atoms with Crippen LogP contribution in [0.2, 0.25) is 0 Å². The molecule has 3 N–H and O–H groups in total. The Morgan fingerprint density at radius 1 is 1.50 bits per heavy atom. The molecule has 1 unspecified atom stereocenters. The van der Waals surface area contributed by atoms with Crippen LogP contribution in [-0.2, 0) is 0 Å². The molecule has 0 bridgehead atoms. The lowest BCUT2D eigenvalue weighted by Crippen LogP contribution is -2.42. The van der Waals surface area contributed by atoms with Crippen molar-refractivity contribution in [3.05, 3.63) is 29.8 Å². The van der Waals surface area contributed by atoms with E-state index in [4.69, 9.17) is 10.8 Å². The van der Waals surface area contributed by atoms with Gasteiger partial charge in [-0.15, -0.1) is 0 Å². The molecule has 0 aliphatic carbocycles. The predicted octanol–water partition coefficient (Wildman–Crippen LogP) is 1.31. The summed E-state index contributed by atoms with van der Waals surface area (Å²) in [5.74, 6) is -0.886. The third kappa shape index (κ3) is 2.33. The summed E-state index contributed by atoms with van der Waals surface area (Å²) < 4.78 is 0. The summed E-state index contributed by atoms with van der Waals surface area (Å²) in [5.41, 5.74) is 7.19. The fourth-order valence-corrected chi connectivity index (χ4v) is 2.08. The predicted molar refractivity (Wildman–Crippen MR) is 62.8 cm³/mol. The number of nitrogens with two attached hydrogens (primary N) is 1. The van der Waals surface area contributed by atoms with Crippen molar-refractivity contribution in [2.24, 2.45) is 5.73 Å². The Labute approximate surface area is 94.7 Å². The summed E-state index contributed by atoms with van der Waals surface area (Å²) in [7, 11) is 0. The lowest BCUT2D eigenvalue weighted by molar-refractivity contribution is 0.0697. The van der Waals surface area contributed by atoms with Crippen molar-refractivity contribution < 1.29 is 9.90 Å². The van der Waals surface area contributed by atoms with Gasteiger partial charge in [0.2, 0.25) is 0 Å². The molecule has 1 saturated heterocycles. The van der Waals surface area contributed by atoms with Gasteiger partial charge in [-0.2, -0.15) is 0 Å². The lowest BCUT2D eigenvalue weighted by atomic mass is 10.1. The molecule has 2 rings (SSSR count).